The molecule has 5 nitrogen and oxygen atoms in total. The first-order valence-corrected chi connectivity index (χ1v) is 11.7. The lowest BCUT2D eigenvalue weighted by molar-refractivity contribution is 0.0793. The van der Waals surface area contributed by atoms with Gasteiger partial charge in [-0.05, 0) is 55.9 Å². The standard InChI is InChI=1S/C23H30N2O3S/c1-19-13-14-21(18-22(19)29(27,28)25-16-7-4-8-17-25)23(26)24(2)15-9-12-20-10-5-3-6-11-20/h3,5-6,10-11,13-14,18H,4,7-9,12,15-17H2,1-2H3. The van der Waals surface area contributed by atoms with Crippen LogP contribution >= 0.6 is 0 Å². The molecule has 0 radical (unpaired) electrons. The van der Waals surface area contributed by atoms with E-state index in [2.05, 4.69) is 12.1 Å². The van der Waals surface area contributed by atoms with Gasteiger partial charge >= 0.3 is 0 Å². The van der Waals surface area contributed by atoms with Crippen molar-refractivity contribution in [2.75, 3.05) is 26.7 Å². The van der Waals surface area contributed by atoms with Crippen LogP contribution in [0.3, 0.4) is 0 Å². The minimum atomic E-state index is -3.56. The van der Waals surface area contributed by atoms with Crippen LogP contribution in [0.1, 0.15) is 47.2 Å². The van der Waals surface area contributed by atoms with Crippen molar-refractivity contribution in [3.63, 3.8) is 0 Å². The highest BCUT2D eigenvalue weighted by Crippen LogP contribution is 2.25. The summed E-state index contributed by atoms with van der Waals surface area (Å²) < 4.78 is 27.7. The Labute approximate surface area is 174 Å². The van der Waals surface area contributed by atoms with Crippen LogP contribution in [0, 0.1) is 6.92 Å². The molecule has 2 aromatic rings. The molecule has 0 spiro atoms. The number of rotatable bonds is 7. The Morgan fingerprint density at radius 2 is 1.72 bits per heavy atom. The number of nitrogens with zero attached hydrogens (tertiary/aromatic N) is 2. The molecule has 0 aliphatic carbocycles. The Morgan fingerprint density at radius 1 is 1.03 bits per heavy atom. The summed E-state index contributed by atoms with van der Waals surface area (Å²) in [5, 5.41) is 0. The van der Waals surface area contributed by atoms with Crippen LogP contribution in [0.25, 0.3) is 0 Å². The molecule has 1 amide bonds. The molecule has 1 saturated heterocycles. The molecule has 3 rings (SSSR count). The summed E-state index contributed by atoms with van der Waals surface area (Å²) in [6.07, 6.45) is 4.61. The van der Waals surface area contributed by atoms with Gasteiger partial charge < -0.3 is 4.90 Å². The molecule has 6 heteroatoms. The van der Waals surface area contributed by atoms with Crippen LogP contribution in [0.4, 0.5) is 0 Å². The van der Waals surface area contributed by atoms with E-state index in [0.29, 0.717) is 30.8 Å². The third kappa shape index (κ3) is 5.25. The van der Waals surface area contributed by atoms with Crippen LogP contribution in [0.5, 0.6) is 0 Å². The van der Waals surface area contributed by atoms with Gasteiger partial charge in [0.2, 0.25) is 10.0 Å². The summed E-state index contributed by atoms with van der Waals surface area (Å²) >= 11 is 0. The summed E-state index contributed by atoms with van der Waals surface area (Å²) in [6.45, 7) is 3.52. The van der Waals surface area contributed by atoms with Crippen LogP contribution < -0.4 is 0 Å². The fourth-order valence-electron chi connectivity index (χ4n) is 3.74. The second kappa shape index (κ2) is 9.55. The molecule has 1 aliphatic heterocycles. The van der Waals surface area contributed by atoms with Crippen molar-refractivity contribution in [3.8, 4) is 0 Å². The monoisotopic (exact) mass is 414 g/mol. The lowest BCUT2D eigenvalue weighted by Crippen LogP contribution is -2.36. The number of aryl methyl sites for hydroxylation is 2. The van der Waals surface area contributed by atoms with Crippen molar-refractivity contribution >= 4 is 15.9 Å². The molecule has 0 atom stereocenters. The second-order valence-corrected chi connectivity index (χ2v) is 9.67. The van der Waals surface area contributed by atoms with Crippen molar-refractivity contribution in [2.45, 2.75) is 43.9 Å². The number of piperidine rings is 1. The van der Waals surface area contributed by atoms with E-state index in [0.717, 1.165) is 32.1 Å². The predicted octanol–water partition coefficient (Wildman–Crippen LogP) is 3.87. The van der Waals surface area contributed by atoms with Gasteiger partial charge in [0.25, 0.3) is 5.91 Å². The van der Waals surface area contributed by atoms with Gasteiger partial charge in [0.05, 0.1) is 4.90 Å². The van der Waals surface area contributed by atoms with Gasteiger partial charge in [-0.1, -0.05) is 42.8 Å². The summed E-state index contributed by atoms with van der Waals surface area (Å²) in [6, 6.07) is 15.2. The molecule has 1 fully saturated rings. The lowest BCUT2D eigenvalue weighted by atomic mass is 10.1. The van der Waals surface area contributed by atoms with Crippen LogP contribution in [0.15, 0.2) is 53.4 Å². The minimum Gasteiger partial charge on any atom is -0.342 e. The number of carbonyl (C=O) groups excluding carboxylic acids is 1. The molecule has 29 heavy (non-hydrogen) atoms. The predicted molar refractivity (Wildman–Crippen MR) is 116 cm³/mol. The number of carbonyl (C=O) groups is 1. The van der Waals surface area contributed by atoms with E-state index in [9.17, 15) is 13.2 Å². The Hall–Kier alpha value is -2.18. The largest absolute Gasteiger partial charge is 0.342 e. The Kier molecular flexibility index (Phi) is 7.09. The van der Waals surface area contributed by atoms with Gasteiger partial charge in [-0.15, -0.1) is 0 Å². The maximum atomic E-state index is 13.1. The Bertz CT molecular complexity index is 936. The first-order valence-electron chi connectivity index (χ1n) is 10.3. The molecule has 0 bridgehead atoms. The smallest absolute Gasteiger partial charge is 0.253 e. The molecular weight excluding hydrogens is 384 g/mol. The summed E-state index contributed by atoms with van der Waals surface area (Å²) in [7, 11) is -1.79. The van der Waals surface area contributed by atoms with Gasteiger partial charge in [0.1, 0.15) is 0 Å². The van der Waals surface area contributed by atoms with E-state index in [-0.39, 0.29) is 10.8 Å². The lowest BCUT2D eigenvalue weighted by Gasteiger charge is -2.27. The van der Waals surface area contributed by atoms with Crippen LogP contribution in [-0.2, 0) is 16.4 Å². The van der Waals surface area contributed by atoms with E-state index in [1.807, 2.05) is 18.2 Å². The van der Waals surface area contributed by atoms with Gasteiger partial charge in [0, 0.05) is 32.2 Å². The van der Waals surface area contributed by atoms with Crippen molar-refractivity contribution in [1.29, 1.82) is 0 Å². The molecule has 0 aromatic heterocycles. The third-order valence-corrected chi connectivity index (χ3v) is 7.56. The molecule has 1 aliphatic rings. The number of hydrogen-bond donors (Lipinski definition) is 0. The van der Waals surface area contributed by atoms with E-state index >= 15 is 0 Å². The Balaban J connectivity index is 1.70. The quantitative estimate of drug-likeness (QED) is 0.691. The number of benzene rings is 2. The van der Waals surface area contributed by atoms with Crippen molar-refractivity contribution in [1.82, 2.24) is 9.21 Å². The number of amides is 1. The van der Waals surface area contributed by atoms with E-state index in [1.54, 1.807) is 41.4 Å². The molecule has 0 saturated carbocycles. The number of sulfonamides is 1. The summed E-state index contributed by atoms with van der Waals surface area (Å²) in [5.41, 5.74) is 2.35. The zero-order valence-corrected chi connectivity index (χ0v) is 18.1. The molecule has 0 N–H and O–H groups in total. The fraction of sp³-hybridized carbons (Fsp3) is 0.435. The van der Waals surface area contributed by atoms with Crippen molar-refractivity contribution < 1.29 is 13.2 Å². The molecular formula is C23H30N2O3S. The second-order valence-electron chi connectivity index (χ2n) is 7.76. The molecule has 156 valence electrons. The summed E-state index contributed by atoms with van der Waals surface area (Å²) in [5.74, 6) is -0.145. The van der Waals surface area contributed by atoms with Crippen LogP contribution in [0.2, 0.25) is 0 Å². The first-order chi connectivity index (χ1) is 13.9. The highest BCUT2D eigenvalue weighted by atomic mass is 32.2. The normalized spacial score (nSPS) is 15.2. The van der Waals surface area contributed by atoms with E-state index in [1.165, 1.54) is 5.56 Å². The van der Waals surface area contributed by atoms with Gasteiger partial charge in [0.15, 0.2) is 0 Å². The highest BCUT2D eigenvalue weighted by Gasteiger charge is 2.28. The van der Waals surface area contributed by atoms with Gasteiger partial charge in [-0.25, -0.2) is 8.42 Å². The molecule has 1 heterocycles. The first kappa shape index (κ1) is 21.5. The maximum absolute atomic E-state index is 13.1. The van der Waals surface area contributed by atoms with Crippen molar-refractivity contribution in [3.05, 3.63) is 65.2 Å². The van der Waals surface area contributed by atoms with Crippen LogP contribution in [-0.4, -0.2) is 50.2 Å². The van der Waals surface area contributed by atoms with Crippen molar-refractivity contribution in [2.24, 2.45) is 0 Å². The average molecular weight is 415 g/mol. The molecule has 2 aromatic carbocycles. The Morgan fingerprint density at radius 3 is 2.41 bits per heavy atom. The SMILES string of the molecule is Cc1ccc(C(=O)N(C)CCCc2ccccc2)cc1S(=O)(=O)N1CCCCC1. The minimum absolute atomic E-state index is 0.145. The van der Waals surface area contributed by atoms with Gasteiger partial charge in [-0.2, -0.15) is 4.31 Å². The van der Waals surface area contributed by atoms with E-state index in [4.69, 9.17) is 0 Å². The highest BCUT2D eigenvalue weighted by molar-refractivity contribution is 7.89. The fourth-order valence-corrected chi connectivity index (χ4v) is 5.51. The topological polar surface area (TPSA) is 57.7 Å². The van der Waals surface area contributed by atoms with Gasteiger partial charge in [-0.3, -0.25) is 4.79 Å². The molecule has 0 unspecified atom stereocenters. The number of hydrogen-bond acceptors (Lipinski definition) is 3. The zero-order valence-electron chi connectivity index (χ0n) is 17.3. The van der Waals surface area contributed by atoms with E-state index < -0.39 is 10.0 Å². The average Bonchev–Trinajstić information content (AvgIpc) is 2.74. The third-order valence-electron chi connectivity index (χ3n) is 5.52. The maximum Gasteiger partial charge on any atom is 0.253 e. The zero-order chi connectivity index (χ0) is 20.9. The summed E-state index contributed by atoms with van der Waals surface area (Å²) in [4.78, 5) is 14.8.